The number of carbonyl (C=O) groups is 1. The lowest BCUT2D eigenvalue weighted by Gasteiger charge is -2.09. The minimum absolute atomic E-state index is 0.206. The van der Waals surface area contributed by atoms with Crippen LogP contribution in [0.1, 0.15) is 28.3 Å². The van der Waals surface area contributed by atoms with Crippen molar-refractivity contribution in [1.29, 1.82) is 0 Å². The van der Waals surface area contributed by atoms with Crippen LogP contribution < -0.4 is 16.6 Å². The number of anilines is 1. The molecule has 0 saturated heterocycles. The Morgan fingerprint density at radius 1 is 1.45 bits per heavy atom. The van der Waals surface area contributed by atoms with Crippen molar-refractivity contribution in [2.45, 2.75) is 19.8 Å². The van der Waals surface area contributed by atoms with Gasteiger partial charge in [0, 0.05) is 24.9 Å². The Balaban J connectivity index is 1.85. The number of amides is 1. The van der Waals surface area contributed by atoms with E-state index in [-0.39, 0.29) is 5.91 Å². The first kappa shape index (κ1) is 13.9. The minimum atomic E-state index is -0.206. The van der Waals surface area contributed by atoms with Gasteiger partial charge in [-0.2, -0.15) is 5.10 Å². The molecule has 2 aromatic rings. The number of nitrogens with one attached hydrogen (secondary N) is 3. The van der Waals surface area contributed by atoms with E-state index in [0.29, 0.717) is 17.8 Å². The number of carbonyl (C=O) groups excluding carboxylic acids is 1. The van der Waals surface area contributed by atoms with Crippen molar-refractivity contribution in [2.75, 3.05) is 12.0 Å². The van der Waals surface area contributed by atoms with Crippen molar-refractivity contribution in [1.82, 2.24) is 25.5 Å². The standard InChI is InChI=1S/C12H17N7O/c1-8-5-10(18-13)9(6-15-8)12(20)14-4-2-3-11-16-7-17-19-11/h5-7H,2-4,13H2,1H3,(H,14,20)(H,15,18)(H,16,17,19). The molecule has 0 atom stereocenters. The minimum Gasteiger partial charge on any atom is -0.352 e. The summed E-state index contributed by atoms with van der Waals surface area (Å²) in [6, 6.07) is 1.73. The highest BCUT2D eigenvalue weighted by Crippen LogP contribution is 2.14. The van der Waals surface area contributed by atoms with E-state index in [9.17, 15) is 4.79 Å². The molecule has 0 aliphatic carbocycles. The molecule has 2 rings (SSSR count). The molecule has 0 spiro atoms. The van der Waals surface area contributed by atoms with Crippen LogP contribution in [0.5, 0.6) is 0 Å². The molecule has 0 radical (unpaired) electrons. The number of hydrazine groups is 1. The van der Waals surface area contributed by atoms with E-state index in [1.165, 1.54) is 12.5 Å². The van der Waals surface area contributed by atoms with Gasteiger partial charge in [-0.05, 0) is 19.4 Å². The maximum atomic E-state index is 12.0. The summed E-state index contributed by atoms with van der Waals surface area (Å²) in [6.07, 6.45) is 4.47. The average molecular weight is 275 g/mol. The van der Waals surface area contributed by atoms with Gasteiger partial charge < -0.3 is 10.7 Å². The van der Waals surface area contributed by atoms with E-state index in [1.54, 1.807) is 6.07 Å². The number of H-pyrrole nitrogens is 1. The molecule has 2 heterocycles. The molecule has 0 bridgehead atoms. The van der Waals surface area contributed by atoms with Crippen LogP contribution in [0.3, 0.4) is 0 Å². The van der Waals surface area contributed by atoms with E-state index in [4.69, 9.17) is 5.84 Å². The van der Waals surface area contributed by atoms with Crippen molar-refractivity contribution in [3.8, 4) is 0 Å². The number of hydrogen-bond acceptors (Lipinski definition) is 6. The highest BCUT2D eigenvalue weighted by Gasteiger charge is 2.11. The van der Waals surface area contributed by atoms with Crippen LogP contribution >= 0.6 is 0 Å². The summed E-state index contributed by atoms with van der Waals surface area (Å²) in [5.74, 6) is 6.00. The molecule has 0 saturated carbocycles. The summed E-state index contributed by atoms with van der Waals surface area (Å²) < 4.78 is 0. The molecule has 2 aromatic heterocycles. The highest BCUT2D eigenvalue weighted by atomic mass is 16.1. The van der Waals surface area contributed by atoms with Crippen LogP contribution in [0.25, 0.3) is 0 Å². The predicted molar refractivity (Wildman–Crippen MR) is 73.8 cm³/mol. The summed E-state index contributed by atoms with van der Waals surface area (Å²) in [5.41, 5.74) is 4.29. The van der Waals surface area contributed by atoms with E-state index >= 15 is 0 Å². The zero-order chi connectivity index (χ0) is 14.4. The number of aromatic nitrogens is 4. The smallest absolute Gasteiger partial charge is 0.255 e. The Morgan fingerprint density at radius 2 is 2.30 bits per heavy atom. The van der Waals surface area contributed by atoms with Crippen molar-refractivity contribution in [3.63, 3.8) is 0 Å². The summed E-state index contributed by atoms with van der Waals surface area (Å²) in [5, 5.41) is 9.35. The van der Waals surface area contributed by atoms with Gasteiger partial charge in [0.25, 0.3) is 5.91 Å². The molecule has 8 heteroatoms. The quantitative estimate of drug-likeness (QED) is 0.338. The Hall–Kier alpha value is -2.48. The summed E-state index contributed by atoms with van der Waals surface area (Å²) in [4.78, 5) is 20.1. The molecule has 0 fully saturated rings. The van der Waals surface area contributed by atoms with Crippen LogP contribution in [0.4, 0.5) is 5.69 Å². The molecule has 8 nitrogen and oxygen atoms in total. The molecule has 5 N–H and O–H groups in total. The van der Waals surface area contributed by atoms with Gasteiger partial charge in [0.1, 0.15) is 12.2 Å². The van der Waals surface area contributed by atoms with Gasteiger partial charge in [0.15, 0.2) is 0 Å². The van der Waals surface area contributed by atoms with Crippen LogP contribution in [0, 0.1) is 6.92 Å². The number of aromatic amines is 1. The lowest BCUT2D eigenvalue weighted by Crippen LogP contribution is -2.26. The van der Waals surface area contributed by atoms with Gasteiger partial charge in [-0.1, -0.05) is 0 Å². The Morgan fingerprint density at radius 3 is 3.00 bits per heavy atom. The Bertz CT molecular complexity index is 567. The predicted octanol–water partition coefficient (Wildman–Crippen LogP) is 0.156. The van der Waals surface area contributed by atoms with Gasteiger partial charge in [0.05, 0.1) is 11.3 Å². The lowest BCUT2D eigenvalue weighted by molar-refractivity contribution is 0.0953. The molecule has 0 aromatic carbocycles. The van der Waals surface area contributed by atoms with E-state index in [2.05, 4.69) is 30.9 Å². The summed E-state index contributed by atoms with van der Waals surface area (Å²) in [6.45, 7) is 2.37. The molecule has 1 amide bonds. The van der Waals surface area contributed by atoms with Crippen molar-refractivity contribution < 1.29 is 4.79 Å². The number of nitrogen functional groups attached to an aromatic ring is 1. The molecular formula is C12H17N7O. The maximum Gasteiger partial charge on any atom is 0.255 e. The maximum absolute atomic E-state index is 12.0. The number of pyridine rings is 1. The molecule has 0 aliphatic heterocycles. The second-order valence-electron chi connectivity index (χ2n) is 4.31. The molecular weight excluding hydrogens is 258 g/mol. The van der Waals surface area contributed by atoms with E-state index < -0.39 is 0 Å². The van der Waals surface area contributed by atoms with Crippen molar-refractivity contribution in [3.05, 3.63) is 35.7 Å². The van der Waals surface area contributed by atoms with Crippen LogP contribution in [0.15, 0.2) is 18.6 Å². The first-order chi connectivity index (χ1) is 9.70. The fraction of sp³-hybridized carbons (Fsp3) is 0.333. The zero-order valence-electron chi connectivity index (χ0n) is 11.2. The molecule has 0 aliphatic rings. The summed E-state index contributed by atoms with van der Waals surface area (Å²) >= 11 is 0. The fourth-order valence-corrected chi connectivity index (χ4v) is 1.76. The van der Waals surface area contributed by atoms with E-state index in [1.807, 2.05) is 6.92 Å². The van der Waals surface area contributed by atoms with E-state index in [0.717, 1.165) is 24.4 Å². The van der Waals surface area contributed by atoms with Crippen molar-refractivity contribution in [2.24, 2.45) is 5.84 Å². The number of nitrogens with zero attached hydrogens (tertiary/aromatic N) is 3. The Labute approximate surface area is 116 Å². The van der Waals surface area contributed by atoms with Crippen LogP contribution in [-0.4, -0.2) is 32.6 Å². The highest BCUT2D eigenvalue weighted by molar-refractivity contribution is 5.99. The fourth-order valence-electron chi connectivity index (χ4n) is 1.76. The lowest BCUT2D eigenvalue weighted by atomic mass is 10.2. The SMILES string of the molecule is Cc1cc(NN)c(C(=O)NCCCc2ncn[nH]2)cn1. The number of nitrogens with two attached hydrogens (primary N) is 1. The second-order valence-corrected chi connectivity index (χ2v) is 4.31. The molecule has 106 valence electrons. The summed E-state index contributed by atoms with van der Waals surface area (Å²) in [7, 11) is 0. The van der Waals surface area contributed by atoms with Crippen molar-refractivity contribution >= 4 is 11.6 Å². The van der Waals surface area contributed by atoms with Crippen LogP contribution in [0.2, 0.25) is 0 Å². The molecule has 0 unspecified atom stereocenters. The number of rotatable bonds is 6. The largest absolute Gasteiger partial charge is 0.352 e. The monoisotopic (exact) mass is 275 g/mol. The average Bonchev–Trinajstić information content (AvgIpc) is 2.96. The third kappa shape index (κ3) is 3.51. The third-order valence-electron chi connectivity index (χ3n) is 2.78. The first-order valence-electron chi connectivity index (χ1n) is 6.26. The van der Waals surface area contributed by atoms with Gasteiger partial charge in [-0.3, -0.25) is 20.7 Å². The Kier molecular flexibility index (Phi) is 4.61. The van der Waals surface area contributed by atoms with Gasteiger partial charge in [-0.15, -0.1) is 0 Å². The van der Waals surface area contributed by atoms with Gasteiger partial charge in [0.2, 0.25) is 0 Å². The number of aryl methyl sites for hydroxylation is 2. The third-order valence-corrected chi connectivity index (χ3v) is 2.78. The van der Waals surface area contributed by atoms with Gasteiger partial charge in [-0.25, -0.2) is 4.98 Å². The van der Waals surface area contributed by atoms with Crippen LogP contribution in [-0.2, 0) is 6.42 Å². The second kappa shape index (κ2) is 6.62. The molecule has 20 heavy (non-hydrogen) atoms. The first-order valence-corrected chi connectivity index (χ1v) is 6.26. The normalized spacial score (nSPS) is 10.3. The van der Waals surface area contributed by atoms with Gasteiger partial charge >= 0.3 is 0 Å². The number of hydrogen-bond donors (Lipinski definition) is 4. The topological polar surface area (TPSA) is 122 Å². The zero-order valence-corrected chi connectivity index (χ0v) is 11.2.